The predicted octanol–water partition coefficient (Wildman–Crippen LogP) is 14.0. The highest BCUT2D eigenvalue weighted by Crippen LogP contribution is 2.38. The summed E-state index contributed by atoms with van der Waals surface area (Å²) in [6.07, 6.45) is 36.2. The summed E-state index contributed by atoms with van der Waals surface area (Å²) in [4.78, 5) is 67.2. The topological polar surface area (TPSA) is 201 Å². The number of aromatic nitrogens is 1. The van der Waals surface area contributed by atoms with Gasteiger partial charge in [0, 0.05) is 37.8 Å². The second-order valence-corrected chi connectivity index (χ2v) is 22.3. The number of phosphoric ester groups is 1. The average molecular weight is 1070 g/mol. The van der Waals surface area contributed by atoms with E-state index < -0.39 is 51.5 Å². The monoisotopic (exact) mass is 1070 g/mol. The maximum atomic E-state index is 12.9. The number of ether oxygens (including phenoxy) is 4. The van der Waals surface area contributed by atoms with Gasteiger partial charge in [-0.3, -0.25) is 18.9 Å². The number of amides is 2. The number of pyridine rings is 1. The number of nitrogens with zero attached hydrogens (tertiary/aromatic N) is 1. The fourth-order valence-electron chi connectivity index (χ4n) is 7.73. The van der Waals surface area contributed by atoms with Crippen molar-refractivity contribution >= 4 is 53.3 Å². The fourth-order valence-corrected chi connectivity index (χ4v) is 10.3. The highest BCUT2D eigenvalue weighted by atomic mass is 33.1. The molecule has 18 heteroatoms. The maximum absolute atomic E-state index is 12.9. The zero-order valence-corrected chi connectivity index (χ0v) is 47.0. The summed E-state index contributed by atoms with van der Waals surface area (Å²) in [5, 5.41) is 5.82. The molecule has 72 heavy (non-hydrogen) atoms. The van der Waals surface area contributed by atoms with Crippen LogP contribution in [0.5, 0.6) is 0 Å². The van der Waals surface area contributed by atoms with E-state index >= 15 is 0 Å². The number of carbonyl (C=O) groups excluding carboxylic acids is 4. The molecule has 1 heterocycles. The molecule has 416 valence electrons. The Morgan fingerprint density at radius 1 is 0.653 bits per heavy atom. The number of hydrogen-bond acceptors (Lipinski definition) is 15. The van der Waals surface area contributed by atoms with Gasteiger partial charge in [-0.15, -0.1) is 0 Å². The molecular formula is C54H95N3O12PS2-. The van der Waals surface area contributed by atoms with Gasteiger partial charge in [0.05, 0.1) is 26.0 Å². The number of hydrogen-bond donors (Lipinski definition) is 2. The Kier molecular flexibility index (Phi) is 45.8. The van der Waals surface area contributed by atoms with Crippen molar-refractivity contribution in [1.29, 1.82) is 0 Å². The molecule has 1 rings (SSSR count). The molecule has 0 aliphatic heterocycles. The van der Waals surface area contributed by atoms with E-state index in [1.54, 1.807) is 6.20 Å². The van der Waals surface area contributed by atoms with Gasteiger partial charge in [0.25, 0.3) is 14.1 Å². The van der Waals surface area contributed by atoms with Crippen LogP contribution in [-0.4, -0.2) is 80.0 Å². The Labute approximate surface area is 442 Å². The van der Waals surface area contributed by atoms with Gasteiger partial charge in [0.1, 0.15) is 11.6 Å². The Hall–Kier alpha value is -2.82. The molecule has 2 unspecified atom stereocenters. The molecule has 1 aromatic rings. The van der Waals surface area contributed by atoms with Gasteiger partial charge >= 0.3 is 18.0 Å². The lowest BCUT2D eigenvalue weighted by Gasteiger charge is -2.25. The number of rotatable bonds is 52. The molecule has 0 bridgehead atoms. The van der Waals surface area contributed by atoms with Gasteiger partial charge in [-0.2, -0.15) is 0 Å². The summed E-state index contributed by atoms with van der Waals surface area (Å²) < 4.78 is 44.0. The quantitative estimate of drug-likeness (QED) is 0.0119. The van der Waals surface area contributed by atoms with Crippen molar-refractivity contribution in [2.45, 2.75) is 243 Å². The minimum absolute atomic E-state index is 0.145. The molecule has 0 aliphatic rings. The van der Waals surface area contributed by atoms with Crippen LogP contribution in [0.4, 0.5) is 4.79 Å². The smallest absolute Gasteiger partial charge is 0.410 e. The van der Waals surface area contributed by atoms with Crippen molar-refractivity contribution in [3.05, 3.63) is 37.2 Å². The second kappa shape index (κ2) is 49.1. The molecule has 0 aromatic carbocycles. The van der Waals surface area contributed by atoms with Crippen molar-refractivity contribution in [2.24, 2.45) is 0 Å². The third-order valence-corrected chi connectivity index (χ3v) is 15.1. The number of esters is 2. The average Bonchev–Trinajstić information content (AvgIpc) is 3.37. The van der Waals surface area contributed by atoms with Crippen LogP contribution in [0, 0.1) is 0 Å². The molecule has 0 aliphatic carbocycles. The first-order valence-electron chi connectivity index (χ1n) is 27.7. The van der Waals surface area contributed by atoms with Crippen LogP contribution < -0.4 is 15.5 Å². The lowest BCUT2D eigenvalue weighted by atomic mass is 10.0. The van der Waals surface area contributed by atoms with E-state index in [1.807, 2.05) is 18.2 Å². The first-order valence-corrected chi connectivity index (χ1v) is 31.5. The summed E-state index contributed by atoms with van der Waals surface area (Å²) in [6.45, 7) is 6.01. The summed E-state index contributed by atoms with van der Waals surface area (Å²) in [6, 6.07) is 5.58. The van der Waals surface area contributed by atoms with Crippen molar-refractivity contribution in [2.75, 3.05) is 38.7 Å². The van der Waals surface area contributed by atoms with Crippen LogP contribution in [0.15, 0.2) is 42.3 Å². The molecule has 0 saturated heterocycles. The molecular weight excluding hydrogens is 978 g/mol. The van der Waals surface area contributed by atoms with E-state index in [9.17, 15) is 28.6 Å². The van der Waals surface area contributed by atoms with E-state index in [0.717, 1.165) is 49.8 Å². The van der Waals surface area contributed by atoms with Gasteiger partial charge in [0.2, 0.25) is 5.91 Å². The van der Waals surface area contributed by atoms with Crippen LogP contribution in [0.25, 0.3) is 0 Å². The van der Waals surface area contributed by atoms with Crippen LogP contribution >= 0.6 is 29.4 Å². The van der Waals surface area contributed by atoms with Gasteiger partial charge in [0.15, 0.2) is 6.10 Å². The Morgan fingerprint density at radius 3 is 1.64 bits per heavy atom. The molecule has 2 N–H and O–H groups in total. The first-order chi connectivity index (χ1) is 35.1. The van der Waals surface area contributed by atoms with Crippen LogP contribution in [-0.2, 0) is 46.9 Å². The largest absolute Gasteiger partial charge is 0.756 e. The van der Waals surface area contributed by atoms with Crippen molar-refractivity contribution in [3.8, 4) is 0 Å². The lowest BCUT2D eigenvalue weighted by Crippen LogP contribution is -2.39. The summed E-state index contributed by atoms with van der Waals surface area (Å²) in [7, 11) is -2.02. The Bertz CT molecular complexity index is 1540. The van der Waals surface area contributed by atoms with Crippen molar-refractivity contribution in [1.82, 2.24) is 15.6 Å². The zero-order valence-electron chi connectivity index (χ0n) is 44.4. The number of phosphoric acid groups is 1. The van der Waals surface area contributed by atoms with Crippen LogP contribution in [0.2, 0.25) is 0 Å². The highest BCUT2D eigenvalue weighted by molar-refractivity contribution is 8.76. The third-order valence-electron chi connectivity index (χ3n) is 11.9. The molecule has 0 spiro atoms. The SMILES string of the molecule is C=COC(CNC(=O)CCSSc1ccccn1)OC(=O)NCCOP(=O)([O-])OC[C@@H](COC(=O)CCCCCCCCCCCCCCCCC)OC(=O)CCCCCCCCCCCCCCCCC. The Morgan fingerprint density at radius 2 is 1.15 bits per heavy atom. The second-order valence-electron chi connectivity index (χ2n) is 18.5. The Balaban J connectivity index is 2.45. The maximum Gasteiger partial charge on any atom is 0.410 e. The van der Waals surface area contributed by atoms with Gasteiger partial charge in [-0.05, 0) is 35.8 Å². The van der Waals surface area contributed by atoms with Gasteiger partial charge < -0.3 is 43.5 Å². The molecule has 0 fully saturated rings. The van der Waals surface area contributed by atoms with Crippen molar-refractivity contribution in [3.63, 3.8) is 0 Å². The molecule has 0 radical (unpaired) electrons. The fraction of sp³-hybridized carbons (Fsp3) is 0.796. The van der Waals surface area contributed by atoms with E-state index in [-0.39, 0.29) is 44.9 Å². The van der Waals surface area contributed by atoms with Crippen LogP contribution in [0.3, 0.4) is 0 Å². The number of carbonyl (C=O) groups is 4. The number of nitrogens with one attached hydrogen (secondary N) is 2. The summed E-state index contributed by atoms with van der Waals surface area (Å²) in [5.74, 6) is -0.750. The normalized spacial score (nSPS) is 12.9. The summed E-state index contributed by atoms with van der Waals surface area (Å²) >= 11 is 0. The predicted molar refractivity (Wildman–Crippen MR) is 289 cm³/mol. The minimum atomic E-state index is -4.95. The molecule has 1 aromatic heterocycles. The van der Waals surface area contributed by atoms with Crippen LogP contribution in [0.1, 0.15) is 226 Å². The van der Waals surface area contributed by atoms with E-state index in [2.05, 4.69) is 36.0 Å². The lowest BCUT2D eigenvalue weighted by molar-refractivity contribution is -0.228. The molecule has 3 atom stereocenters. The number of alkyl carbamates (subject to hydrolysis) is 1. The molecule has 2 amide bonds. The molecule has 15 nitrogen and oxygen atoms in total. The zero-order chi connectivity index (χ0) is 52.4. The summed E-state index contributed by atoms with van der Waals surface area (Å²) in [5.41, 5.74) is 0. The van der Waals surface area contributed by atoms with Gasteiger partial charge in [-0.25, -0.2) is 9.78 Å². The minimum Gasteiger partial charge on any atom is -0.756 e. The van der Waals surface area contributed by atoms with Gasteiger partial charge in [-0.1, -0.05) is 217 Å². The highest BCUT2D eigenvalue weighted by Gasteiger charge is 2.22. The van der Waals surface area contributed by atoms with E-state index in [4.69, 9.17) is 28.0 Å². The third kappa shape index (κ3) is 44.6. The first kappa shape index (κ1) is 67.2. The van der Waals surface area contributed by atoms with E-state index in [0.29, 0.717) is 18.6 Å². The number of unbranched alkanes of at least 4 members (excludes halogenated alkanes) is 28. The molecule has 0 saturated carbocycles. The van der Waals surface area contributed by atoms with E-state index in [1.165, 1.54) is 163 Å². The standard InChI is InChI=1S/C54H96N3O12PS2/c1-4-7-9-11-13-15-17-19-21-23-25-27-29-31-33-38-51(59)65-46-48(68-52(60)39-34-32-30-28-26-24-22-20-18-16-14-12-10-8-5-2)47-67-70(62,63)66-43-42-56-54(61)69-53(64-6-3)45-57-49(58)40-44-71-72-50-37-35-36-41-55-50/h6,35-37,41,48,53H,3-5,7-34,38-40,42-47H2,1-2H3,(H,56,61)(H,57,58)(H,62,63)/p-1/t48-,53?/m1/s1. The van der Waals surface area contributed by atoms with Crippen molar-refractivity contribution < 1.29 is 56.6 Å².